The van der Waals surface area contributed by atoms with Crippen molar-refractivity contribution in [1.29, 1.82) is 0 Å². The van der Waals surface area contributed by atoms with E-state index in [1.54, 1.807) is 13.2 Å². The predicted octanol–water partition coefficient (Wildman–Crippen LogP) is 1.62. The summed E-state index contributed by atoms with van der Waals surface area (Å²) in [5.74, 6) is 2.21. The minimum absolute atomic E-state index is 0.578. The summed E-state index contributed by atoms with van der Waals surface area (Å²) >= 11 is 0. The number of hydrogen-bond donors (Lipinski definition) is 3. The van der Waals surface area contributed by atoms with Crippen LogP contribution in [0, 0.1) is 5.92 Å². The summed E-state index contributed by atoms with van der Waals surface area (Å²) in [5.41, 5.74) is 0.733. The van der Waals surface area contributed by atoms with Crippen molar-refractivity contribution < 1.29 is 4.74 Å². The third kappa shape index (κ3) is 3.16. The van der Waals surface area contributed by atoms with Crippen molar-refractivity contribution in [2.75, 3.05) is 37.4 Å². The molecular formula is C13H20N6O. The first kappa shape index (κ1) is 13.1. The zero-order valence-corrected chi connectivity index (χ0v) is 11.6. The number of fused-ring (bicyclic) bond motifs is 1. The Balaban J connectivity index is 1.51. The van der Waals surface area contributed by atoms with Gasteiger partial charge >= 0.3 is 0 Å². The zero-order chi connectivity index (χ0) is 13.8. The average Bonchev–Trinajstić information content (AvgIpc) is 3.17. The van der Waals surface area contributed by atoms with Gasteiger partial charge in [-0.05, 0) is 25.2 Å². The fourth-order valence-electron chi connectivity index (χ4n) is 2.00. The minimum Gasteiger partial charge on any atom is -0.381 e. The summed E-state index contributed by atoms with van der Waals surface area (Å²) in [4.78, 5) is 8.71. The lowest BCUT2D eigenvalue weighted by molar-refractivity contribution is 0.124. The van der Waals surface area contributed by atoms with E-state index in [1.807, 2.05) is 0 Å². The second-order valence-electron chi connectivity index (χ2n) is 5.08. The van der Waals surface area contributed by atoms with Gasteiger partial charge in [0, 0.05) is 26.8 Å². The molecule has 0 saturated heterocycles. The normalized spacial score (nSPS) is 14.7. The van der Waals surface area contributed by atoms with Gasteiger partial charge in [-0.3, -0.25) is 5.10 Å². The number of anilines is 2. The average molecular weight is 276 g/mol. The third-order valence-corrected chi connectivity index (χ3v) is 3.34. The Morgan fingerprint density at radius 2 is 2.30 bits per heavy atom. The van der Waals surface area contributed by atoms with Gasteiger partial charge in [-0.25, -0.2) is 0 Å². The summed E-state index contributed by atoms with van der Waals surface area (Å²) in [6, 6.07) is 0. The highest BCUT2D eigenvalue weighted by molar-refractivity contribution is 5.86. The lowest BCUT2D eigenvalue weighted by Gasteiger charge is -2.08. The maximum atomic E-state index is 5.61. The van der Waals surface area contributed by atoms with Gasteiger partial charge in [0.1, 0.15) is 5.82 Å². The van der Waals surface area contributed by atoms with Crippen LogP contribution in [0.5, 0.6) is 0 Å². The number of rotatable bonds is 8. The zero-order valence-electron chi connectivity index (χ0n) is 11.6. The first-order valence-electron chi connectivity index (χ1n) is 7.07. The molecule has 0 radical (unpaired) electrons. The number of ether oxygens (including phenoxy) is 1. The molecule has 1 saturated carbocycles. The van der Waals surface area contributed by atoms with E-state index in [-0.39, 0.29) is 0 Å². The Hall–Kier alpha value is -1.89. The minimum atomic E-state index is 0.578. The van der Waals surface area contributed by atoms with Gasteiger partial charge in [0.15, 0.2) is 5.65 Å². The molecule has 7 nitrogen and oxygen atoms in total. The predicted molar refractivity (Wildman–Crippen MR) is 77.9 cm³/mol. The fourth-order valence-corrected chi connectivity index (χ4v) is 2.00. The van der Waals surface area contributed by atoms with Crippen LogP contribution in [0.15, 0.2) is 6.20 Å². The molecule has 0 amide bonds. The molecule has 3 rings (SSSR count). The number of aromatic nitrogens is 4. The monoisotopic (exact) mass is 276 g/mol. The second kappa shape index (κ2) is 6.04. The molecule has 2 aromatic rings. The van der Waals surface area contributed by atoms with Crippen molar-refractivity contribution in [1.82, 2.24) is 20.2 Å². The van der Waals surface area contributed by atoms with E-state index in [1.165, 1.54) is 12.8 Å². The molecule has 2 heterocycles. The van der Waals surface area contributed by atoms with Gasteiger partial charge in [-0.15, -0.1) is 0 Å². The van der Waals surface area contributed by atoms with E-state index in [2.05, 4.69) is 30.8 Å². The first-order chi connectivity index (χ1) is 9.86. The first-order valence-corrected chi connectivity index (χ1v) is 7.07. The fraction of sp³-hybridized carbons (Fsp3) is 0.615. The van der Waals surface area contributed by atoms with E-state index >= 15 is 0 Å². The molecule has 1 aliphatic carbocycles. The highest BCUT2D eigenvalue weighted by atomic mass is 16.5. The van der Waals surface area contributed by atoms with Crippen LogP contribution < -0.4 is 10.6 Å². The van der Waals surface area contributed by atoms with Crippen molar-refractivity contribution in [2.45, 2.75) is 19.3 Å². The standard InChI is InChI=1S/C13H20N6O/c1-14-13-17-11(10-7-16-19-12(10)18-13)15-5-2-6-20-8-9-3-4-9/h7,9H,2-6,8H2,1H3,(H3,14,15,16,17,18,19). The molecular weight excluding hydrogens is 256 g/mol. The van der Waals surface area contributed by atoms with Crippen molar-refractivity contribution in [3.8, 4) is 0 Å². The van der Waals surface area contributed by atoms with E-state index in [9.17, 15) is 0 Å². The van der Waals surface area contributed by atoms with Gasteiger partial charge in [0.25, 0.3) is 0 Å². The summed E-state index contributed by atoms with van der Waals surface area (Å²) in [5, 5.41) is 14.0. The van der Waals surface area contributed by atoms with Crippen LogP contribution in [0.25, 0.3) is 11.0 Å². The number of hydrogen-bond acceptors (Lipinski definition) is 6. The van der Waals surface area contributed by atoms with Gasteiger partial charge in [0.2, 0.25) is 5.95 Å². The van der Waals surface area contributed by atoms with E-state index in [0.717, 1.165) is 48.9 Å². The summed E-state index contributed by atoms with van der Waals surface area (Å²) in [6.07, 6.45) is 5.38. The van der Waals surface area contributed by atoms with Crippen LogP contribution in [0.1, 0.15) is 19.3 Å². The van der Waals surface area contributed by atoms with Gasteiger partial charge < -0.3 is 15.4 Å². The van der Waals surface area contributed by atoms with Crippen molar-refractivity contribution in [3.05, 3.63) is 6.20 Å². The van der Waals surface area contributed by atoms with Crippen molar-refractivity contribution in [3.63, 3.8) is 0 Å². The lowest BCUT2D eigenvalue weighted by atomic mass is 10.3. The highest BCUT2D eigenvalue weighted by Crippen LogP contribution is 2.28. The maximum absolute atomic E-state index is 5.61. The molecule has 1 aliphatic rings. The molecule has 20 heavy (non-hydrogen) atoms. The highest BCUT2D eigenvalue weighted by Gasteiger charge is 2.20. The Morgan fingerprint density at radius 1 is 1.40 bits per heavy atom. The molecule has 0 spiro atoms. The van der Waals surface area contributed by atoms with Crippen LogP contribution in [-0.2, 0) is 4.74 Å². The SMILES string of the molecule is CNc1nc(NCCCOCC2CC2)c2cn[nH]c2n1. The topological polar surface area (TPSA) is 87.8 Å². The molecule has 1 fully saturated rings. The largest absolute Gasteiger partial charge is 0.381 e. The van der Waals surface area contributed by atoms with Crippen LogP contribution in [0.4, 0.5) is 11.8 Å². The summed E-state index contributed by atoms with van der Waals surface area (Å²) < 4.78 is 5.61. The Morgan fingerprint density at radius 3 is 3.10 bits per heavy atom. The lowest BCUT2D eigenvalue weighted by Crippen LogP contribution is -2.09. The van der Waals surface area contributed by atoms with E-state index in [4.69, 9.17) is 4.74 Å². The van der Waals surface area contributed by atoms with Crippen LogP contribution in [0.3, 0.4) is 0 Å². The van der Waals surface area contributed by atoms with Crippen LogP contribution in [-0.4, -0.2) is 47.0 Å². The maximum Gasteiger partial charge on any atom is 0.226 e. The van der Waals surface area contributed by atoms with Gasteiger partial charge in [0.05, 0.1) is 11.6 Å². The Bertz CT molecular complexity index is 565. The number of H-pyrrole nitrogens is 1. The summed E-state index contributed by atoms with van der Waals surface area (Å²) in [6.45, 7) is 2.54. The van der Waals surface area contributed by atoms with E-state index in [0.29, 0.717) is 5.95 Å². The molecule has 0 aliphatic heterocycles. The Kier molecular flexibility index (Phi) is 3.96. The number of nitrogens with zero attached hydrogens (tertiary/aromatic N) is 3. The smallest absolute Gasteiger partial charge is 0.226 e. The molecule has 108 valence electrons. The van der Waals surface area contributed by atoms with Crippen LogP contribution >= 0.6 is 0 Å². The molecule has 3 N–H and O–H groups in total. The van der Waals surface area contributed by atoms with Crippen molar-refractivity contribution in [2.24, 2.45) is 5.92 Å². The summed E-state index contributed by atoms with van der Waals surface area (Å²) in [7, 11) is 1.80. The quantitative estimate of drug-likeness (QED) is 0.635. The van der Waals surface area contributed by atoms with Gasteiger partial charge in [-0.2, -0.15) is 15.1 Å². The number of nitrogens with one attached hydrogen (secondary N) is 3. The Labute approximate surface area is 117 Å². The van der Waals surface area contributed by atoms with Gasteiger partial charge in [-0.1, -0.05) is 0 Å². The third-order valence-electron chi connectivity index (χ3n) is 3.34. The molecule has 0 aromatic carbocycles. The molecule has 0 atom stereocenters. The second-order valence-corrected chi connectivity index (χ2v) is 5.08. The molecule has 7 heteroatoms. The molecule has 0 bridgehead atoms. The molecule has 2 aromatic heterocycles. The van der Waals surface area contributed by atoms with Crippen molar-refractivity contribution >= 4 is 22.8 Å². The number of aromatic amines is 1. The van der Waals surface area contributed by atoms with Crippen LogP contribution in [0.2, 0.25) is 0 Å². The van der Waals surface area contributed by atoms with E-state index < -0.39 is 0 Å². The molecule has 0 unspecified atom stereocenters.